The fourth-order valence-corrected chi connectivity index (χ4v) is 2.21. The van der Waals surface area contributed by atoms with Gasteiger partial charge >= 0.3 is 0 Å². The number of hydrogen-bond acceptors (Lipinski definition) is 3. The molecule has 0 aliphatic rings. The zero-order valence-corrected chi connectivity index (χ0v) is 11.8. The molecule has 5 heteroatoms. The molecule has 110 valence electrons. The lowest BCUT2D eigenvalue weighted by Crippen LogP contribution is -2.18. The molecule has 0 fully saturated rings. The van der Waals surface area contributed by atoms with Gasteiger partial charge in [-0.05, 0) is 37.1 Å². The molecule has 0 saturated heterocycles. The van der Waals surface area contributed by atoms with Crippen molar-refractivity contribution in [1.29, 1.82) is 0 Å². The van der Waals surface area contributed by atoms with E-state index in [4.69, 9.17) is 0 Å². The van der Waals surface area contributed by atoms with Crippen LogP contribution in [0.5, 0.6) is 0 Å². The summed E-state index contributed by atoms with van der Waals surface area (Å²) in [5.74, 6) is -0.203. The largest absolute Gasteiger partial charge is 0.312 e. The van der Waals surface area contributed by atoms with Crippen LogP contribution in [0.2, 0.25) is 0 Å². The minimum absolute atomic E-state index is 0.128. The molecule has 0 radical (unpaired) electrons. The van der Waals surface area contributed by atoms with Crippen LogP contribution in [-0.4, -0.2) is 11.5 Å². The van der Waals surface area contributed by atoms with Crippen LogP contribution in [0.3, 0.4) is 0 Å². The van der Waals surface area contributed by atoms with E-state index in [1.807, 2.05) is 12.1 Å². The van der Waals surface area contributed by atoms with Crippen molar-refractivity contribution in [2.75, 3.05) is 6.54 Å². The lowest BCUT2D eigenvalue weighted by atomic mass is 10.1. The first-order valence-electron chi connectivity index (χ1n) is 6.76. The average Bonchev–Trinajstić information content (AvgIpc) is 2.46. The number of nitrogens with one attached hydrogen (secondary N) is 1. The van der Waals surface area contributed by atoms with E-state index in [1.54, 1.807) is 25.1 Å². The van der Waals surface area contributed by atoms with Gasteiger partial charge in [0.1, 0.15) is 5.82 Å². The van der Waals surface area contributed by atoms with E-state index in [-0.39, 0.29) is 16.4 Å². The lowest BCUT2D eigenvalue weighted by Gasteiger charge is -2.08. The Hall–Kier alpha value is -2.27. The molecule has 21 heavy (non-hydrogen) atoms. The molecule has 0 aromatic heterocycles. The topological polar surface area (TPSA) is 55.2 Å². The van der Waals surface area contributed by atoms with Crippen LogP contribution in [-0.2, 0) is 13.0 Å². The number of rotatable bonds is 6. The number of halogens is 1. The maximum atomic E-state index is 13.4. The lowest BCUT2D eigenvalue weighted by molar-refractivity contribution is -0.385. The summed E-state index contributed by atoms with van der Waals surface area (Å²) >= 11 is 0. The van der Waals surface area contributed by atoms with Crippen LogP contribution in [0.15, 0.2) is 42.5 Å². The van der Waals surface area contributed by atoms with Gasteiger partial charge < -0.3 is 5.32 Å². The number of nitrogens with zero attached hydrogens (tertiary/aromatic N) is 1. The molecule has 2 aromatic rings. The Bertz CT molecular complexity index is 644. The smallest absolute Gasteiger partial charge is 0.272 e. The third kappa shape index (κ3) is 3.86. The summed E-state index contributed by atoms with van der Waals surface area (Å²) in [7, 11) is 0. The molecule has 0 heterocycles. The van der Waals surface area contributed by atoms with Gasteiger partial charge in [0.05, 0.1) is 4.92 Å². The van der Waals surface area contributed by atoms with Gasteiger partial charge in [-0.25, -0.2) is 4.39 Å². The first-order valence-corrected chi connectivity index (χ1v) is 6.76. The number of benzene rings is 2. The van der Waals surface area contributed by atoms with Gasteiger partial charge in [-0.15, -0.1) is 0 Å². The Morgan fingerprint density at radius 3 is 2.57 bits per heavy atom. The summed E-state index contributed by atoms with van der Waals surface area (Å²) in [5.41, 5.74) is 2.35. The summed E-state index contributed by atoms with van der Waals surface area (Å²) < 4.78 is 13.4. The molecule has 1 N–H and O–H groups in total. The average molecular weight is 288 g/mol. The highest BCUT2D eigenvalue weighted by Gasteiger charge is 2.12. The zero-order chi connectivity index (χ0) is 15.2. The minimum atomic E-state index is -0.377. The number of nitro benzene ring substituents is 1. The molecule has 0 bridgehead atoms. The first kappa shape index (κ1) is 15.1. The Balaban J connectivity index is 1.91. The highest BCUT2D eigenvalue weighted by atomic mass is 19.1. The highest BCUT2D eigenvalue weighted by molar-refractivity contribution is 5.44. The predicted octanol–water partition coefficient (Wildman–Crippen LogP) is 3.37. The third-order valence-corrected chi connectivity index (χ3v) is 3.46. The molecule has 0 aliphatic carbocycles. The van der Waals surface area contributed by atoms with Crippen molar-refractivity contribution in [1.82, 2.24) is 5.32 Å². The number of hydrogen-bond donors (Lipinski definition) is 1. The van der Waals surface area contributed by atoms with E-state index in [9.17, 15) is 14.5 Å². The normalized spacial score (nSPS) is 10.6. The Labute approximate surface area is 122 Å². The van der Waals surface area contributed by atoms with Gasteiger partial charge in [0.25, 0.3) is 5.69 Å². The van der Waals surface area contributed by atoms with Gasteiger partial charge in [0.2, 0.25) is 0 Å². The maximum absolute atomic E-state index is 13.4. The van der Waals surface area contributed by atoms with Crippen molar-refractivity contribution in [3.8, 4) is 0 Å². The molecule has 0 amide bonds. The second-order valence-corrected chi connectivity index (χ2v) is 4.84. The third-order valence-electron chi connectivity index (χ3n) is 3.46. The van der Waals surface area contributed by atoms with Crippen molar-refractivity contribution >= 4 is 5.69 Å². The van der Waals surface area contributed by atoms with E-state index < -0.39 is 0 Å². The van der Waals surface area contributed by atoms with Crippen LogP contribution in [0.25, 0.3) is 0 Å². The Kier molecular flexibility index (Phi) is 5.00. The fourth-order valence-electron chi connectivity index (χ4n) is 2.21. The van der Waals surface area contributed by atoms with Crippen molar-refractivity contribution < 1.29 is 9.31 Å². The Morgan fingerprint density at radius 1 is 1.14 bits per heavy atom. The van der Waals surface area contributed by atoms with Crippen molar-refractivity contribution in [3.63, 3.8) is 0 Å². The highest BCUT2D eigenvalue weighted by Crippen LogP contribution is 2.20. The standard InChI is InChI=1S/C16H17FN2O2/c1-12-14(6-4-8-16(12)19(20)21)11-18-10-9-13-5-2-3-7-15(13)17/h2-8,18H,9-11H2,1H3. The molecular weight excluding hydrogens is 271 g/mol. The molecule has 0 unspecified atom stereocenters. The van der Waals surface area contributed by atoms with Crippen molar-refractivity contribution in [3.05, 3.63) is 75.1 Å². The second-order valence-electron chi connectivity index (χ2n) is 4.84. The van der Waals surface area contributed by atoms with Gasteiger partial charge in [-0.1, -0.05) is 30.3 Å². The SMILES string of the molecule is Cc1c(CNCCc2ccccc2F)cccc1[N+](=O)[O-]. The van der Waals surface area contributed by atoms with Crippen LogP contribution in [0, 0.1) is 22.9 Å². The van der Waals surface area contributed by atoms with Crippen LogP contribution >= 0.6 is 0 Å². The summed E-state index contributed by atoms with van der Waals surface area (Å²) in [4.78, 5) is 10.5. The van der Waals surface area contributed by atoms with Crippen molar-refractivity contribution in [2.24, 2.45) is 0 Å². The van der Waals surface area contributed by atoms with Crippen molar-refractivity contribution in [2.45, 2.75) is 19.9 Å². The summed E-state index contributed by atoms with van der Waals surface area (Å²) in [6, 6.07) is 11.7. The minimum Gasteiger partial charge on any atom is -0.312 e. The van der Waals surface area contributed by atoms with E-state index in [1.165, 1.54) is 12.1 Å². The summed E-state index contributed by atoms with van der Waals surface area (Å²) in [6.45, 7) is 2.89. The van der Waals surface area contributed by atoms with E-state index in [0.29, 0.717) is 30.6 Å². The summed E-state index contributed by atoms with van der Waals surface area (Å²) in [6.07, 6.45) is 0.584. The molecular formula is C16H17FN2O2. The van der Waals surface area contributed by atoms with Gasteiger partial charge in [-0.3, -0.25) is 10.1 Å². The Morgan fingerprint density at radius 2 is 1.86 bits per heavy atom. The van der Waals surface area contributed by atoms with Gasteiger partial charge in [0.15, 0.2) is 0 Å². The molecule has 0 aliphatic heterocycles. The molecule has 0 spiro atoms. The summed E-state index contributed by atoms with van der Waals surface area (Å²) in [5, 5.41) is 14.1. The fraction of sp³-hybridized carbons (Fsp3) is 0.250. The van der Waals surface area contributed by atoms with Crippen LogP contribution in [0.1, 0.15) is 16.7 Å². The maximum Gasteiger partial charge on any atom is 0.272 e. The van der Waals surface area contributed by atoms with Crippen LogP contribution < -0.4 is 5.32 Å². The van der Waals surface area contributed by atoms with E-state index in [0.717, 1.165) is 5.56 Å². The van der Waals surface area contributed by atoms with Crippen LogP contribution in [0.4, 0.5) is 10.1 Å². The second kappa shape index (κ2) is 6.95. The zero-order valence-electron chi connectivity index (χ0n) is 11.8. The molecule has 2 aromatic carbocycles. The molecule has 4 nitrogen and oxygen atoms in total. The van der Waals surface area contributed by atoms with E-state index >= 15 is 0 Å². The van der Waals surface area contributed by atoms with E-state index in [2.05, 4.69) is 5.32 Å². The van der Waals surface area contributed by atoms with Gasteiger partial charge in [0, 0.05) is 18.2 Å². The molecule has 0 saturated carbocycles. The van der Waals surface area contributed by atoms with Gasteiger partial charge in [-0.2, -0.15) is 0 Å². The first-order chi connectivity index (χ1) is 10.1. The predicted molar refractivity (Wildman–Crippen MR) is 79.6 cm³/mol. The number of nitro groups is 1. The molecule has 0 atom stereocenters. The quantitative estimate of drug-likeness (QED) is 0.503. The monoisotopic (exact) mass is 288 g/mol. The molecule has 2 rings (SSSR count).